The fourth-order valence-corrected chi connectivity index (χ4v) is 1.91. The van der Waals surface area contributed by atoms with Gasteiger partial charge >= 0.3 is 6.18 Å². The van der Waals surface area contributed by atoms with Gasteiger partial charge in [0.2, 0.25) is 0 Å². The van der Waals surface area contributed by atoms with Crippen LogP contribution in [0.5, 0.6) is 0 Å². The highest BCUT2D eigenvalue weighted by Crippen LogP contribution is 2.30. The van der Waals surface area contributed by atoms with E-state index in [0.717, 1.165) is 24.3 Å². The van der Waals surface area contributed by atoms with Gasteiger partial charge in [0.25, 0.3) is 0 Å². The van der Waals surface area contributed by atoms with Crippen LogP contribution in [-0.2, 0) is 6.18 Å². The molecule has 0 fully saturated rings. The maximum absolute atomic E-state index is 13.5. The second kappa shape index (κ2) is 6.45. The van der Waals surface area contributed by atoms with E-state index in [2.05, 4.69) is 10.6 Å². The van der Waals surface area contributed by atoms with Crippen LogP contribution in [0.1, 0.15) is 5.56 Å². The van der Waals surface area contributed by atoms with Crippen LogP contribution in [0.2, 0.25) is 0 Å². The zero-order valence-electron chi connectivity index (χ0n) is 11.1. The van der Waals surface area contributed by atoms with Gasteiger partial charge in [-0.25, -0.2) is 13.2 Å². The number of alkyl halides is 3. The molecule has 2 N–H and O–H groups in total. The van der Waals surface area contributed by atoms with Crippen LogP contribution < -0.4 is 10.6 Å². The van der Waals surface area contributed by atoms with Crippen LogP contribution >= 0.6 is 12.2 Å². The van der Waals surface area contributed by atoms with Gasteiger partial charge in [0.15, 0.2) is 22.6 Å². The zero-order chi connectivity index (χ0) is 17.2. The summed E-state index contributed by atoms with van der Waals surface area (Å²) in [4.78, 5) is 0. The van der Waals surface area contributed by atoms with E-state index in [1.54, 1.807) is 0 Å². The second-order valence-electron chi connectivity index (χ2n) is 4.38. The Labute approximate surface area is 132 Å². The van der Waals surface area contributed by atoms with Gasteiger partial charge in [-0.05, 0) is 42.5 Å². The van der Waals surface area contributed by atoms with Crippen LogP contribution in [0.25, 0.3) is 0 Å². The maximum atomic E-state index is 13.5. The third-order valence-electron chi connectivity index (χ3n) is 2.73. The molecule has 122 valence electrons. The first-order valence-corrected chi connectivity index (χ1v) is 6.48. The Balaban J connectivity index is 2.13. The molecule has 0 saturated carbocycles. The minimum Gasteiger partial charge on any atom is -0.332 e. The van der Waals surface area contributed by atoms with Gasteiger partial charge in [0, 0.05) is 5.69 Å². The van der Waals surface area contributed by atoms with Crippen molar-refractivity contribution in [2.24, 2.45) is 0 Å². The van der Waals surface area contributed by atoms with Crippen molar-refractivity contribution in [3.05, 3.63) is 59.4 Å². The van der Waals surface area contributed by atoms with E-state index in [1.807, 2.05) is 0 Å². The molecule has 0 aliphatic heterocycles. The van der Waals surface area contributed by atoms with Gasteiger partial charge < -0.3 is 10.6 Å². The van der Waals surface area contributed by atoms with Crippen LogP contribution in [0.4, 0.5) is 37.7 Å². The summed E-state index contributed by atoms with van der Waals surface area (Å²) in [7, 11) is 0. The summed E-state index contributed by atoms with van der Waals surface area (Å²) in [6, 6.07) is 5.74. The van der Waals surface area contributed by atoms with Crippen LogP contribution in [0.15, 0.2) is 36.4 Å². The summed E-state index contributed by atoms with van der Waals surface area (Å²) in [5.41, 5.74) is -1.35. The summed E-state index contributed by atoms with van der Waals surface area (Å²) in [6.07, 6.45) is -4.53. The largest absolute Gasteiger partial charge is 0.416 e. The Kier molecular flexibility index (Phi) is 4.79. The third kappa shape index (κ3) is 4.13. The Morgan fingerprint density at radius 2 is 1.61 bits per heavy atom. The van der Waals surface area contributed by atoms with Crippen molar-refractivity contribution < 1.29 is 26.3 Å². The van der Waals surface area contributed by atoms with Gasteiger partial charge in [0.05, 0.1) is 11.3 Å². The maximum Gasteiger partial charge on any atom is 0.416 e. The number of rotatable bonds is 2. The molecule has 0 saturated heterocycles. The lowest BCUT2D eigenvalue weighted by molar-refractivity contribution is -0.137. The van der Waals surface area contributed by atoms with Gasteiger partial charge in [-0.2, -0.15) is 13.2 Å². The molecule has 2 aromatic carbocycles. The smallest absolute Gasteiger partial charge is 0.332 e. The van der Waals surface area contributed by atoms with Crippen molar-refractivity contribution in [2.45, 2.75) is 6.18 Å². The summed E-state index contributed by atoms with van der Waals surface area (Å²) >= 11 is 4.80. The molecular formula is C14H8F6N2S. The highest BCUT2D eigenvalue weighted by Gasteiger charge is 2.30. The molecular weight excluding hydrogens is 342 g/mol. The topological polar surface area (TPSA) is 24.1 Å². The normalized spacial score (nSPS) is 11.2. The first-order valence-electron chi connectivity index (χ1n) is 6.07. The van der Waals surface area contributed by atoms with Gasteiger partial charge in [-0.15, -0.1) is 0 Å². The predicted molar refractivity (Wildman–Crippen MR) is 77.6 cm³/mol. The number of thiocarbonyl (C=S) groups is 1. The summed E-state index contributed by atoms with van der Waals surface area (Å²) in [5, 5.41) is 4.36. The standard InChI is InChI=1S/C14H8F6N2S/c15-9-4-5-10(12(17)11(9)16)22-13(23)21-8-3-1-2-7(6-8)14(18,19)20/h1-6H,(H2,21,22,23). The molecule has 0 amide bonds. The Hall–Kier alpha value is -2.29. The Bertz CT molecular complexity index is 745. The van der Waals surface area contributed by atoms with Gasteiger partial charge in [-0.1, -0.05) is 6.07 Å². The average molecular weight is 350 g/mol. The molecule has 0 radical (unpaired) electrons. The molecule has 0 atom stereocenters. The first kappa shape index (κ1) is 17.1. The predicted octanol–water partition coefficient (Wildman–Crippen LogP) is 4.93. The van der Waals surface area contributed by atoms with Gasteiger partial charge in [-0.3, -0.25) is 0 Å². The minimum absolute atomic E-state index is 0.000293. The molecule has 2 aromatic rings. The zero-order valence-corrected chi connectivity index (χ0v) is 12.0. The van der Waals surface area contributed by atoms with Crippen molar-refractivity contribution in [3.63, 3.8) is 0 Å². The summed E-state index contributed by atoms with van der Waals surface area (Å²) in [5.74, 6) is -4.54. The van der Waals surface area contributed by atoms with Crippen LogP contribution in [-0.4, -0.2) is 5.11 Å². The first-order chi connectivity index (χ1) is 10.7. The third-order valence-corrected chi connectivity index (χ3v) is 2.94. The second-order valence-corrected chi connectivity index (χ2v) is 4.79. The number of halogens is 6. The lowest BCUT2D eigenvalue weighted by atomic mass is 10.2. The van der Waals surface area contributed by atoms with Crippen LogP contribution in [0, 0.1) is 17.5 Å². The number of anilines is 2. The lowest BCUT2D eigenvalue weighted by Gasteiger charge is -2.13. The fourth-order valence-electron chi connectivity index (χ4n) is 1.68. The van der Waals surface area contributed by atoms with E-state index >= 15 is 0 Å². The quantitative estimate of drug-likeness (QED) is 0.456. The highest BCUT2D eigenvalue weighted by atomic mass is 32.1. The molecule has 0 aliphatic rings. The van der Waals surface area contributed by atoms with Crippen molar-refractivity contribution in [1.82, 2.24) is 0 Å². The molecule has 0 bridgehead atoms. The summed E-state index contributed by atoms with van der Waals surface area (Å²) in [6.45, 7) is 0. The van der Waals surface area contributed by atoms with Crippen molar-refractivity contribution >= 4 is 28.7 Å². The molecule has 0 unspecified atom stereocenters. The summed E-state index contributed by atoms with van der Waals surface area (Å²) < 4.78 is 77.1. The monoisotopic (exact) mass is 350 g/mol. The highest BCUT2D eigenvalue weighted by molar-refractivity contribution is 7.80. The van der Waals surface area contributed by atoms with Crippen molar-refractivity contribution in [1.29, 1.82) is 0 Å². The fraction of sp³-hybridized carbons (Fsp3) is 0.0714. The number of hydrogen-bond acceptors (Lipinski definition) is 1. The van der Waals surface area contributed by atoms with E-state index in [4.69, 9.17) is 12.2 Å². The molecule has 0 aromatic heterocycles. The molecule has 0 aliphatic carbocycles. The van der Waals surface area contributed by atoms with Crippen molar-refractivity contribution in [3.8, 4) is 0 Å². The molecule has 2 rings (SSSR count). The molecule has 2 nitrogen and oxygen atoms in total. The number of benzene rings is 2. The average Bonchev–Trinajstić information content (AvgIpc) is 2.47. The lowest BCUT2D eigenvalue weighted by Crippen LogP contribution is -2.20. The van der Waals surface area contributed by atoms with E-state index in [9.17, 15) is 26.3 Å². The van der Waals surface area contributed by atoms with Crippen molar-refractivity contribution in [2.75, 3.05) is 10.6 Å². The van der Waals surface area contributed by atoms with E-state index in [0.29, 0.717) is 6.07 Å². The van der Waals surface area contributed by atoms with E-state index < -0.39 is 34.9 Å². The molecule has 0 heterocycles. The van der Waals surface area contributed by atoms with E-state index in [-0.39, 0.29) is 10.8 Å². The van der Waals surface area contributed by atoms with Gasteiger partial charge in [0.1, 0.15) is 0 Å². The number of hydrogen-bond donors (Lipinski definition) is 2. The number of nitrogens with one attached hydrogen (secondary N) is 2. The molecule has 9 heteroatoms. The van der Waals surface area contributed by atoms with E-state index in [1.165, 1.54) is 6.07 Å². The molecule has 0 spiro atoms. The molecule has 23 heavy (non-hydrogen) atoms. The SMILES string of the molecule is Fc1ccc(NC(=S)Nc2cccc(C(F)(F)F)c2)c(F)c1F. The minimum atomic E-state index is -4.53. The Morgan fingerprint density at radius 3 is 2.26 bits per heavy atom. The van der Waals surface area contributed by atoms with Crippen LogP contribution in [0.3, 0.4) is 0 Å². The Morgan fingerprint density at radius 1 is 0.913 bits per heavy atom.